The van der Waals surface area contributed by atoms with E-state index in [-0.39, 0.29) is 0 Å². The molecule has 1 aromatic heterocycles. The van der Waals surface area contributed by atoms with Crippen molar-refractivity contribution >= 4 is 41.9 Å². The van der Waals surface area contributed by atoms with E-state index in [1.165, 1.54) is 3.97 Å². The number of hydrogen-bond donors (Lipinski definition) is 0. The molecule has 0 spiro atoms. The van der Waals surface area contributed by atoms with Crippen LogP contribution in [0.3, 0.4) is 0 Å². The Balaban J connectivity index is 2.50. The van der Waals surface area contributed by atoms with Crippen LogP contribution in [0.2, 0.25) is 0 Å². The number of aryl methyl sites for hydroxylation is 1. The van der Waals surface area contributed by atoms with Gasteiger partial charge in [-0.15, -0.1) is 0 Å². The Kier molecular flexibility index (Phi) is 4.53. The van der Waals surface area contributed by atoms with E-state index in [1.807, 2.05) is 6.92 Å². The van der Waals surface area contributed by atoms with Crippen molar-refractivity contribution in [3.05, 3.63) is 53.3 Å². The number of nitrogens with zero attached hydrogens (tertiary/aromatic N) is 1. The molecule has 102 valence electrons. The first kappa shape index (κ1) is 14.8. The fraction of sp³-hybridized carbons (Fsp3) is 0.231. The molecule has 0 radical (unpaired) electrons. The van der Waals surface area contributed by atoms with Crippen LogP contribution in [0.4, 0.5) is 0 Å². The molecule has 19 heavy (non-hydrogen) atoms. The van der Waals surface area contributed by atoms with Crippen molar-refractivity contribution in [2.24, 2.45) is 0 Å². The zero-order valence-corrected chi connectivity index (χ0v) is 14.3. The van der Waals surface area contributed by atoms with Crippen molar-refractivity contribution < 1.29 is 8.42 Å². The minimum atomic E-state index is -3.50. The van der Waals surface area contributed by atoms with Gasteiger partial charge in [0, 0.05) is 23.1 Å². The van der Waals surface area contributed by atoms with Gasteiger partial charge in [-0.3, -0.25) is 0 Å². The Morgan fingerprint density at radius 2 is 1.47 bits per heavy atom. The highest BCUT2D eigenvalue weighted by molar-refractivity contribution is 9.09. The van der Waals surface area contributed by atoms with Crippen LogP contribution in [-0.4, -0.2) is 12.4 Å². The number of rotatable bonds is 4. The second kappa shape index (κ2) is 5.81. The summed E-state index contributed by atoms with van der Waals surface area (Å²) in [5.74, 6) is 0. The van der Waals surface area contributed by atoms with Gasteiger partial charge < -0.3 is 0 Å². The lowest BCUT2D eigenvalue weighted by Gasteiger charge is -2.05. The molecule has 2 aromatic rings. The van der Waals surface area contributed by atoms with Crippen molar-refractivity contribution in [2.45, 2.75) is 22.5 Å². The second-order valence-electron chi connectivity index (χ2n) is 4.22. The summed E-state index contributed by atoms with van der Waals surface area (Å²) in [5.41, 5.74) is 2.97. The topological polar surface area (TPSA) is 39.1 Å². The van der Waals surface area contributed by atoms with Crippen LogP contribution in [0.15, 0.2) is 41.6 Å². The first-order valence-electron chi connectivity index (χ1n) is 5.63. The predicted molar refractivity (Wildman–Crippen MR) is 83.5 cm³/mol. The molecule has 0 fully saturated rings. The van der Waals surface area contributed by atoms with E-state index in [0.29, 0.717) is 15.6 Å². The van der Waals surface area contributed by atoms with Gasteiger partial charge in [-0.2, -0.15) is 0 Å². The summed E-state index contributed by atoms with van der Waals surface area (Å²) in [6.07, 6.45) is 3.31. The van der Waals surface area contributed by atoms with Gasteiger partial charge in [0.2, 0.25) is 0 Å². The predicted octanol–water partition coefficient (Wildman–Crippen LogP) is 3.82. The van der Waals surface area contributed by atoms with Crippen molar-refractivity contribution in [3.63, 3.8) is 0 Å². The minimum Gasteiger partial charge on any atom is -0.248 e. The smallest absolute Gasteiger partial charge is 0.248 e. The van der Waals surface area contributed by atoms with E-state index in [2.05, 4.69) is 31.9 Å². The molecular formula is C13H13Br2NO2S. The number of aromatic nitrogens is 1. The molecule has 0 saturated carbocycles. The number of halogens is 2. The molecule has 1 heterocycles. The maximum absolute atomic E-state index is 12.5. The molecule has 2 rings (SSSR count). The fourth-order valence-corrected chi connectivity index (χ4v) is 3.99. The molecule has 0 aliphatic heterocycles. The molecule has 0 saturated heterocycles. The number of hydrogen-bond acceptors (Lipinski definition) is 2. The van der Waals surface area contributed by atoms with Gasteiger partial charge in [0.15, 0.2) is 0 Å². The van der Waals surface area contributed by atoms with Crippen LogP contribution >= 0.6 is 31.9 Å². The third-order valence-electron chi connectivity index (χ3n) is 2.86. The lowest BCUT2D eigenvalue weighted by Crippen LogP contribution is -2.10. The Bertz CT molecular complexity index is 654. The van der Waals surface area contributed by atoms with Gasteiger partial charge in [-0.05, 0) is 30.2 Å². The molecular weight excluding hydrogens is 394 g/mol. The Labute approximate surface area is 129 Å². The molecule has 3 nitrogen and oxygen atoms in total. The van der Waals surface area contributed by atoms with Crippen LogP contribution in [0.1, 0.15) is 16.7 Å². The van der Waals surface area contributed by atoms with E-state index in [1.54, 1.807) is 36.7 Å². The van der Waals surface area contributed by atoms with Crippen molar-refractivity contribution in [3.8, 4) is 0 Å². The van der Waals surface area contributed by atoms with Crippen LogP contribution in [0, 0.1) is 6.92 Å². The molecule has 0 atom stereocenters. The zero-order valence-electron chi connectivity index (χ0n) is 10.3. The molecule has 0 N–H and O–H groups in total. The van der Waals surface area contributed by atoms with Crippen molar-refractivity contribution in [1.29, 1.82) is 0 Å². The van der Waals surface area contributed by atoms with Gasteiger partial charge in [0.05, 0.1) is 4.90 Å². The summed E-state index contributed by atoms with van der Waals surface area (Å²) in [6, 6.07) is 6.86. The zero-order chi connectivity index (χ0) is 14.0. The highest BCUT2D eigenvalue weighted by Crippen LogP contribution is 2.22. The van der Waals surface area contributed by atoms with Crippen LogP contribution in [0.25, 0.3) is 0 Å². The summed E-state index contributed by atoms with van der Waals surface area (Å²) in [6.45, 7) is 1.93. The Hall–Kier alpha value is -0.590. The van der Waals surface area contributed by atoms with Gasteiger partial charge in [-0.1, -0.05) is 49.6 Å². The summed E-state index contributed by atoms with van der Waals surface area (Å²) >= 11 is 6.73. The third-order valence-corrected chi connectivity index (χ3v) is 5.70. The van der Waals surface area contributed by atoms with Crippen molar-refractivity contribution in [1.82, 2.24) is 3.97 Å². The molecule has 6 heteroatoms. The van der Waals surface area contributed by atoms with Gasteiger partial charge in [0.25, 0.3) is 10.0 Å². The summed E-state index contributed by atoms with van der Waals surface area (Å²) in [5, 5.41) is 1.26. The van der Waals surface area contributed by atoms with Crippen molar-refractivity contribution in [2.75, 3.05) is 0 Å². The van der Waals surface area contributed by atoms with Gasteiger partial charge in [0.1, 0.15) is 0 Å². The normalized spacial score (nSPS) is 11.7. The molecule has 0 aliphatic carbocycles. The van der Waals surface area contributed by atoms with E-state index >= 15 is 0 Å². The SMILES string of the molecule is Cc1ccc(S(=O)(=O)n2cc(CBr)c(CBr)c2)cc1. The fourth-order valence-electron chi connectivity index (χ4n) is 1.72. The molecule has 0 amide bonds. The average molecular weight is 407 g/mol. The van der Waals surface area contributed by atoms with Crippen LogP contribution in [-0.2, 0) is 20.7 Å². The monoisotopic (exact) mass is 405 g/mol. The first-order valence-corrected chi connectivity index (χ1v) is 9.31. The summed E-state index contributed by atoms with van der Waals surface area (Å²) in [7, 11) is -3.50. The summed E-state index contributed by atoms with van der Waals surface area (Å²) in [4.78, 5) is 0.301. The molecule has 0 unspecified atom stereocenters. The molecule has 1 aromatic carbocycles. The van der Waals surface area contributed by atoms with Crippen LogP contribution < -0.4 is 0 Å². The average Bonchev–Trinajstić information content (AvgIpc) is 2.83. The highest BCUT2D eigenvalue weighted by atomic mass is 79.9. The number of alkyl halides is 2. The Morgan fingerprint density at radius 3 is 1.89 bits per heavy atom. The largest absolute Gasteiger partial charge is 0.267 e. The molecule has 0 aliphatic rings. The maximum atomic E-state index is 12.5. The second-order valence-corrected chi connectivity index (χ2v) is 7.19. The minimum absolute atomic E-state index is 0.301. The van der Waals surface area contributed by atoms with Gasteiger partial charge in [-0.25, -0.2) is 12.4 Å². The maximum Gasteiger partial charge on any atom is 0.267 e. The quantitative estimate of drug-likeness (QED) is 0.724. The third kappa shape index (κ3) is 2.95. The Morgan fingerprint density at radius 1 is 1.00 bits per heavy atom. The molecule has 0 bridgehead atoms. The van der Waals surface area contributed by atoms with Crippen LogP contribution in [0.5, 0.6) is 0 Å². The summed E-state index contributed by atoms with van der Waals surface area (Å²) < 4.78 is 26.2. The standard InChI is InChI=1S/C13H13Br2NO2S/c1-10-2-4-13(5-3-10)19(17,18)16-8-11(6-14)12(7-15)9-16/h2-5,8-9H,6-7H2,1H3. The lowest BCUT2D eigenvalue weighted by molar-refractivity contribution is 0.587. The van der Waals surface area contributed by atoms with E-state index in [9.17, 15) is 8.42 Å². The number of benzene rings is 1. The first-order chi connectivity index (χ1) is 8.98. The van der Waals surface area contributed by atoms with Gasteiger partial charge >= 0.3 is 0 Å². The van der Waals surface area contributed by atoms with E-state index in [4.69, 9.17) is 0 Å². The van der Waals surface area contributed by atoms with E-state index in [0.717, 1.165) is 16.7 Å². The highest BCUT2D eigenvalue weighted by Gasteiger charge is 2.18. The lowest BCUT2D eigenvalue weighted by atomic mass is 10.2. The van der Waals surface area contributed by atoms with E-state index < -0.39 is 10.0 Å².